The van der Waals surface area contributed by atoms with E-state index >= 15 is 0 Å². The van der Waals surface area contributed by atoms with Crippen LogP contribution in [0, 0.1) is 0 Å². The number of hydrogen-bond acceptors (Lipinski definition) is 4. The molecule has 7 nitrogen and oxygen atoms in total. The van der Waals surface area contributed by atoms with Gasteiger partial charge in [0.2, 0.25) is 5.95 Å². The molecule has 0 saturated carbocycles. The third kappa shape index (κ3) is 4.85. The number of hydrogen-bond donors (Lipinski definition) is 0. The molecule has 0 amide bonds. The van der Waals surface area contributed by atoms with Crippen molar-refractivity contribution in [2.75, 3.05) is 0 Å². The molecule has 0 N–H and O–H groups in total. The first-order valence-corrected chi connectivity index (χ1v) is 19.3. The quantitative estimate of drug-likeness (QED) is 0.177. The van der Waals surface area contributed by atoms with Crippen molar-refractivity contribution in [3.05, 3.63) is 182 Å². The molecule has 0 aliphatic heterocycles. The van der Waals surface area contributed by atoms with Crippen molar-refractivity contribution in [1.82, 2.24) is 33.6 Å². The maximum Gasteiger partial charge on any atom is 0.235 e. The van der Waals surface area contributed by atoms with Crippen molar-refractivity contribution in [3.63, 3.8) is 0 Å². The molecule has 0 atom stereocenters. The van der Waals surface area contributed by atoms with Crippen LogP contribution in [0.5, 0.6) is 0 Å². The molecular weight excluding hydrogens is 699 g/mol. The molecule has 12 rings (SSSR count). The molecule has 268 valence electrons. The molecule has 6 aromatic heterocycles. The zero-order valence-corrected chi connectivity index (χ0v) is 30.8. The van der Waals surface area contributed by atoms with Crippen LogP contribution in [0.1, 0.15) is 17.7 Å². The summed E-state index contributed by atoms with van der Waals surface area (Å²) in [6, 6.07) is 51.3. The topological polar surface area (TPSA) is 66.3 Å². The lowest BCUT2D eigenvalue weighted by Gasteiger charge is -2.19. The van der Waals surface area contributed by atoms with Crippen LogP contribution in [0.2, 0.25) is 0 Å². The van der Waals surface area contributed by atoms with Crippen molar-refractivity contribution >= 4 is 66.3 Å². The van der Waals surface area contributed by atoms with Crippen LogP contribution < -0.4 is 0 Å². The molecule has 1 aliphatic carbocycles. The van der Waals surface area contributed by atoms with Gasteiger partial charge in [0.1, 0.15) is 0 Å². The highest BCUT2D eigenvalue weighted by Gasteiger charge is 2.26. The van der Waals surface area contributed by atoms with Gasteiger partial charge in [-0.05, 0) is 67.4 Å². The largest absolute Gasteiger partial charge is 0.313 e. The average Bonchev–Trinajstić information content (AvgIpc) is 3.92. The third-order valence-corrected chi connectivity index (χ3v) is 11.6. The Kier molecular flexibility index (Phi) is 6.92. The number of allylic oxidation sites excluding steroid dienone is 1. The van der Waals surface area contributed by atoms with Gasteiger partial charge in [-0.3, -0.25) is 14.5 Å². The number of rotatable bonds is 5. The van der Waals surface area contributed by atoms with E-state index in [2.05, 4.69) is 163 Å². The van der Waals surface area contributed by atoms with Gasteiger partial charge in [-0.25, -0.2) is 9.97 Å². The standard InChI is InChI=1S/C50H33N7/c1-3-11-32(12-4-1)42-29-43(33-13-5-2-6-14-33)54-50(53-42)57-46-21-19-34(55-44-17-9-7-15-36(44)40-30-51-25-23-48(40)55)27-38(46)39-28-35(20-22-47(39)57)56-45-18-10-8-16-37(45)41-31-52-26-24-49(41)56/h1-19,21,23-31H,20,22H2. The summed E-state index contributed by atoms with van der Waals surface area (Å²) in [5.41, 5.74) is 14.3. The molecule has 0 unspecified atom stereocenters. The first-order chi connectivity index (χ1) is 28.3. The summed E-state index contributed by atoms with van der Waals surface area (Å²) in [4.78, 5) is 19.7. The van der Waals surface area contributed by atoms with Crippen LogP contribution in [0.4, 0.5) is 0 Å². The Hall–Kier alpha value is -7.64. The molecule has 0 saturated heterocycles. The van der Waals surface area contributed by atoms with Gasteiger partial charge >= 0.3 is 0 Å². The summed E-state index contributed by atoms with van der Waals surface area (Å²) in [6.07, 6.45) is 11.8. The van der Waals surface area contributed by atoms with Gasteiger partial charge in [-0.1, -0.05) is 97.1 Å². The van der Waals surface area contributed by atoms with Gasteiger partial charge < -0.3 is 9.13 Å². The summed E-state index contributed by atoms with van der Waals surface area (Å²) < 4.78 is 7.11. The van der Waals surface area contributed by atoms with E-state index in [0.29, 0.717) is 5.95 Å². The minimum Gasteiger partial charge on any atom is -0.313 e. The average molecular weight is 732 g/mol. The Bertz CT molecular complexity index is 3240. The van der Waals surface area contributed by atoms with E-state index in [-0.39, 0.29) is 0 Å². The van der Waals surface area contributed by atoms with Gasteiger partial charge in [0.15, 0.2) is 0 Å². The second kappa shape index (κ2) is 12.4. The van der Waals surface area contributed by atoms with Gasteiger partial charge in [0, 0.05) is 85.5 Å². The summed E-state index contributed by atoms with van der Waals surface area (Å²) in [5.74, 6) is 0.664. The number of benzene rings is 5. The predicted octanol–water partition coefficient (Wildman–Crippen LogP) is 11.7. The van der Waals surface area contributed by atoms with Crippen LogP contribution in [-0.4, -0.2) is 33.6 Å². The summed E-state index contributed by atoms with van der Waals surface area (Å²) in [7, 11) is 0. The highest BCUT2D eigenvalue weighted by atomic mass is 15.2. The molecule has 57 heavy (non-hydrogen) atoms. The van der Waals surface area contributed by atoms with E-state index in [9.17, 15) is 0 Å². The van der Waals surface area contributed by atoms with Crippen LogP contribution in [-0.2, 0) is 6.42 Å². The van der Waals surface area contributed by atoms with Crippen molar-refractivity contribution < 1.29 is 0 Å². The summed E-state index contributed by atoms with van der Waals surface area (Å²) >= 11 is 0. The lowest BCUT2D eigenvalue weighted by atomic mass is 9.99. The van der Waals surface area contributed by atoms with E-state index in [0.717, 1.165) is 79.3 Å². The molecule has 0 spiro atoms. The Balaban J connectivity index is 1.15. The monoisotopic (exact) mass is 731 g/mol. The van der Waals surface area contributed by atoms with Gasteiger partial charge in [-0.15, -0.1) is 0 Å². The van der Waals surface area contributed by atoms with Gasteiger partial charge in [-0.2, -0.15) is 0 Å². The normalized spacial score (nSPS) is 12.9. The van der Waals surface area contributed by atoms with Crippen LogP contribution in [0.25, 0.3) is 100 Å². The van der Waals surface area contributed by atoms with Crippen LogP contribution in [0.15, 0.2) is 170 Å². The molecule has 5 aromatic carbocycles. The predicted molar refractivity (Wildman–Crippen MR) is 232 cm³/mol. The molecule has 0 fully saturated rings. The number of aromatic nitrogens is 7. The van der Waals surface area contributed by atoms with Gasteiger partial charge in [0.05, 0.1) is 39.0 Å². The first kappa shape index (κ1) is 31.7. The Morgan fingerprint density at radius 3 is 1.61 bits per heavy atom. The first-order valence-electron chi connectivity index (χ1n) is 19.3. The van der Waals surface area contributed by atoms with Crippen LogP contribution in [0.3, 0.4) is 0 Å². The minimum absolute atomic E-state index is 0.664. The Morgan fingerprint density at radius 2 is 0.965 bits per heavy atom. The highest BCUT2D eigenvalue weighted by molar-refractivity contribution is 6.12. The third-order valence-electron chi connectivity index (χ3n) is 11.6. The zero-order valence-electron chi connectivity index (χ0n) is 30.8. The van der Waals surface area contributed by atoms with E-state index in [1.807, 2.05) is 36.9 Å². The Morgan fingerprint density at radius 1 is 0.421 bits per heavy atom. The fourth-order valence-electron chi connectivity index (χ4n) is 9.06. The second-order valence-electron chi connectivity index (χ2n) is 14.7. The molecule has 1 aliphatic rings. The molecule has 6 heterocycles. The number of nitrogens with zero attached hydrogens (tertiary/aromatic N) is 7. The van der Waals surface area contributed by atoms with Crippen molar-refractivity contribution in [2.24, 2.45) is 0 Å². The lowest BCUT2D eigenvalue weighted by molar-refractivity contribution is 0.840. The van der Waals surface area contributed by atoms with E-state index in [1.165, 1.54) is 33.2 Å². The van der Waals surface area contributed by atoms with E-state index in [1.54, 1.807) is 0 Å². The molecular formula is C50H33N7. The highest BCUT2D eigenvalue weighted by Crippen LogP contribution is 2.42. The number of para-hydroxylation sites is 2. The molecule has 7 heteroatoms. The van der Waals surface area contributed by atoms with Crippen molar-refractivity contribution in [3.8, 4) is 34.2 Å². The van der Waals surface area contributed by atoms with Crippen molar-refractivity contribution in [2.45, 2.75) is 12.8 Å². The van der Waals surface area contributed by atoms with E-state index < -0.39 is 0 Å². The number of pyridine rings is 2. The molecule has 0 bridgehead atoms. The molecule has 11 aromatic rings. The lowest BCUT2D eigenvalue weighted by Crippen LogP contribution is -2.11. The Labute approximate surface area is 327 Å². The molecule has 0 radical (unpaired) electrons. The van der Waals surface area contributed by atoms with E-state index in [4.69, 9.17) is 9.97 Å². The SMILES string of the molecule is C1=C(n2c3ccccc3c3cnccc32)CCc2c1c1cc(-n3c4ccccc4c4cnccc43)ccc1n2-c1nc(-c2ccccc2)cc(-c2ccccc2)n1. The van der Waals surface area contributed by atoms with Crippen LogP contribution >= 0.6 is 0 Å². The number of fused-ring (bicyclic) bond motifs is 9. The minimum atomic E-state index is 0.664. The van der Waals surface area contributed by atoms with Gasteiger partial charge in [0.25, 0.3) is 0 Å². The zero-order chi connectivity index (χ0) is 37.5. The maximum atomic E-state index is 5.34. The van der Waals surface area contributed by atoms with Crippen molar-refractivity contribution in [1.29, 1.82) is 0 Å². The fraction of sp³-hybridized carbons (Fsp3) is 0.0400. The summed E-state index contributed by atoms with van der Waals surface area (Å²) in [6.45, 7) is 0. The second-order valence-corrected chi connectivity index (χ2v) is 14.7. The fourth-order valence-corrected chi connectivity index (χ4v) is 9.06. The smallest absolute Gasteiger partial charge is 0.235 e. The maximum absolute atomic E-state index is 5.34. The summed E-state index contributed by atoms with van der Waals surface area (Å²) in [5, 5.41) is 5.83.